The maximum absolute atomic E-state index is 12.3. The van der Waals surface area contributed by atoms with Crippen molar-refractivity contribution in [1.82, 2.24) is 19.5 Å². The molecule has 3 aromatic rings. The van der Waals surface area contributed by atoms with Gasteiger partial charge < -0.3 is 19.6 Å². The minimum absolute atomic E-state index is 0.0620. The number of aromatic nitrogens is 3. The lowest BCUT2D eigenvalue weighted by molar-refractivity contribution is -0.121. The molecule has 11 nitrogen and oxygen atoms in total. The Bertz CT molecular complexity index is 1190. The summed E-state index contributed by atoms with van der Waals surface area (Å²) in [5.41, 5.74) is 1.27. The van der Waals surface area contributed by atoms with Gasteiger partial charge in [-0.05, 0) is 35.5 Å². The lowest BCUT2D eigenvalue weighted by Gasteiger charge is -2.11. The summed E-state index contributed by atoms with van der Waals surface area (Å²) in [5, 5.41) is 10.4. The highest BCUT2D eigenvalue weighted by molar-refractivity contribution is 7.89. The first-order chi connectivity index (χ1) is 13.8. The van der Waals surface area contributed by atoms with E-state index < -0.39 is 15.9 Å². The van der Waals surface area contributed by atoms with Gasteiger partial charge in [-0.15, -0.1) is 5.10 Å². The molecule has 152 valence electrons. The van der Waals surface area contributed by atoms with Crippen LogP contribution in [0.2, 0.25) is 0 Å². The minimum atomic E-state index is -3.63. The van der Waals surface area contributed by atoms with Gasteiger partial charge >= 0.3 is 0 Å². The van der Waals surface area contributed by atoms with Crippen LogP contribution in [-0.2, 0) is 14.8 Å². The van der Waals surface area contributed by atoms with E-state index in [-0.39, 0.29) is 18.3 Å². The van der Waals surface area contributed by atoms with Gasteiger partial charge in [0.1, 0.15) is 11.0 Å². The summed E-state index contributed by atoms with van der Waals surface area (Å²) in [4.78, 5) is 18.6. The molecule has 0 radical (unpaired) electrons. The highest BCUT2D eigenvalue weighted by atomic mass is 32.2. The van der Waals surface area contributed by atoms with E-state index in [1.54, 1.807) is 18.2 Å². The van der Waals surface area contributed by atoms with E-state index in [2.05, 4.69) is 15.6 Å². The number of carbonyl (C=O) groups is 1. The number of benzene rings is 2. The second-order valence-electron chi connectivity index (χ2n) is 6.29. The number of hydrogen-bond donors (Lipinski definition) is 1. The average molecular weight is 419 g/mol. The van der Waals surface area contributed by atoms with Crippen molar-refractivity contribution >= 4 is 32.7 Å². The molecule has 0 saturated heterocycles. The number of amides is 1. The van der Waals surface area contributed by atoms with Gasteiger partial charge in [0.15, 0.2) is 18.1 Å². The molecule has 1 N–H and O–H groups in total. The molecule has 0 bridgehead atoms. The summed E-state index contributed by atoms with van der Waals surface area (Å²) < 4.78 is 36.2. The number of ether oxygens (including phenoxy) is 2. The third-order valence-electron chi connectivity index (χ3n) is 4.14. The van der Waals surface area contributed by atoms with Gasteiger partial charge in [-0.3, -0.25) is 4.79 Å². The Morgan fingerprint density at radius 3 is 2.79 bits per heavy atom. The molecule has 0 fully saturated rings. The molecule has 1 aliphatic rings. The van der Waals surface area contributed by atoms with Crippen LogP contribution in [0.3, 0.4) is 0 Å². The first-order valence-corrected chi connectivity index (χ1v) is 9.89. The lowest BCUT2D eigenvalue weighted by Crippen LogP contribution is -2.26. The maximum atomic E-state index is 12.3. The zero-order valence-corrected chi connectivity index (χ0v) is 16.3. The van der Waals surface area contributed by atoms with E-state index in [4.69, 9.17) is 14.3 Å². The van der Waals surface area contributed by atoms with Crippen molar-refractivity contribution in [1.29, 1.82) is 0 Å². The van der Waals surface area contributed by atoms with Crippen LogP contribution in [0.4, 0.5) is 5.69 Å². The van der Waals surface area contributed by atoms with E-state index in [9.17, 15) is 13.2 Å². The molecule has 4 rings (SSSR count). The Kier molecular flexibility index (Phi) is 4.72. The molecule has 0 aliphatic carbocycles. The molecule has 1 amide bonds. The van der Waals surface area contributed by atoms with Crippen molar-refractivity contribution < 1.29 is 27.5 Å². The van der Waals surface area contributed by atoms with E-state index in [1.165, 1.54) is 32.3 Å². The molecular weight excluding hydrogens is 402 g/mol. The summed E-state index contributed by atoms with van der Waals surface area (Å²) in [6.07, 6.45) is 0. The third-order valence-corrected chi connectivity index (χ3v) is 5.95. The summed E-state index contributed by atoms with van der Waals surface area (Å²) in [6.45, 7) is -0.224. The van der Waals surface area contributed by atoms with E-state index in [1.807, 2.05) is 0 Å². The minimum Gasteiger partial charge on any atom is -0.454 e. The van der Waals surface area contributed by atoms with Gasteiger partial charge in [-0.2, -0.15) is 0 Å². The number of fused-ring (bicyclic) bond motifs is 2. The van der Waals surface area contributed by atoms with Crippen LogP contribution < -0.4 is 19.6 Å². The van der Waals surface area contributed by atoms with E-state index in [0.717, 1.165) is 9.15 Å². The number of carbonyl (C=O) groups excluding carboxylic acids is 1. The summed E-state index contributed by atoms with van der Waals surface area (Å²) in [7, 11) is -0.759. The molecule has 2 heterocycles. The van der Waals surface area contributed by atoms with Gasteiger partial charge in [0.25, 0.3) is 5.91 Å². The van der Waals surface area contributed by atoms with E-state index in [0.29, 0.717) is 28.2 Å². The van der Waals surface area contributed by atoms with Crippen LogP contribution >= 0.6 is 0 Å². The normalized spacial score (nSPS) is 13.1. The Morgan fingerprint density at radius 2 is 2.00 bits per heavy atom. The largest absolute Gasteiger partial charge is 0.454 e. The van der Waals surface area contributed by atoms with Gasteiger partial charge in [0.05, 0.1) is 4.90 Å². The molecule has 0 atom stereocenters. The Morgan fingerprint density at radius 1 is 1.21 bits per heavy atom. The average Bonchev–Trinajstić information content (AvgIpc) is 3.32. The molecule has 0 saturated carbocycles. The zero-order chi connectivity index (χ0) is 20.6. The fourth-order valence-corrected chi connectivity index (χ4v) is 3.56. The number of anilines is 1. The van der Waals surface area contributed by atoms with Crippen molar-refractivity contribution in [2.75, 3.05) is 32.8 Å². The molecule has 0 spiro atoms. The second kappa shape index (κ2) is 7.22. The summed E-state index contributed by atoms with van der Waals surface area (Å²) >= 11 is 0. The Labute approximate surface area is 165 Å². The predicted molar refractivity (Wildman–Crippen MR) is 101 cm³/mol. The first kappa shape index (κ1) is 19.0. The molecule has 1 aliphatic heterocycles. The lowest BCUT2D eigenvalue weighted by atomic mass is 10.3. The first-order valence-electron chi connectivity index (χ1n) is 8.45. The van der Waals surface area contributed by atoms with Gasteiger partial charge in [0, 0.05) is 25.8 Å². The monoisotopic (exact) mass is 419 g/mol. The SMILES string of the molecule is CN(C)S(=O)(=O)c1ccc2nnn(OCC(=O)Nc3ccc4c(c3)OCO4)c2c1. The number of rotatable bonds is 6. The number of hydrogen-bond acceptors (Lipinski definition) is 8. The van der Waals surface area contributed by atoms with Crippen molar-refractivity contribution in [3.8, 4) is 11.5 Å². The van der Waals surface area contributed by atoms with Gasteiger partial charge in [-0.1, -0.05) is 4.85 Å². The van der Waals surface area contributed by atoms with Crippen LogP contribution in [0, 0.1) is 0 Å². The van der Waals surface area contributed by atoms with Crippen LogP contribution in [-0.4, -0.2) is 61.3 Å². The van der Waals surface area contributed by atoms with Crippen molar-refractivity contribution in [2.24, 2.45) is 0 Å². The van der Waals surface area contributed by atoms with E-state index >= 15 is 0 Å². The fourth-order valence-electron chi connectivity index (χ4n) is 2.64. The number of sulfonamides is 1. The molecule has 0 unspecified atom stereocenters. The fraction of sp³-hybridized carbons (Fsp3) is 0.235. The molecule has 12 heteroatoms. The van der Waals surface area contributed by atoms with Crippen molar-refractivity contribution in [3.63, 3.8) is 0 Å². The van der Waals surface area contributed by atoms with Gasteiger partial charge in [0.2, 0.25) is 16.8 Å². The molecule has 1 aromatic heterocycles. The molecule has 2 aromatic carbocycles. The third kappa shape index (κ3) is 3.67. The van der Waals surface area contributed by atoms with Crippen LogP contribution in [0.15, 0.2) is 41.3 Å². The zero-order valence-electron chi connectivity index (χ0n) is 15.5. The number of nitrogens with zero attached hydrogens (tertiary/aromatic N) is 4. The molecule has 29 heavy (non-hydrogen) atoms. The van der Waals surface area contributed by atoms with Crippen LogP contribution in [0.25, 0.3) is 11.0 Å². The topological polar surface area (TPSA) is 125 Å². The predicted octanol–water partition coefficient (Wildman–Crippen LogP) is 0.478. The molecular formula is C17H17N5O6S. The Balaban J connectivity index is 1.47. The second-order valence-corrected chi connectivity index (χ2v) is 8.44. The van der Waals surface area contributed by atoms with Crippen LogP contribution in [0.5, 0.6) is 11.5 Å². The summed E-state index contributed by atoms with van der Waals surface area (Å²) in [6, 6.07) is 9.35. The number of nitrogens with one attached hydrogen (secondary N) is 1. The summed E-state index contributed by atoms with van der Waals surface area (Å²) in [5.74, 6) is 0.710. The van der Waals surface area contributed by atoms with Crippen molar-refractivity contribution in [3.05, 3.63) is 36.4 Å². The highest BCUT2D eigenvalue weighted by Gasteiger charge is 2.20. The maximum Gasteiger partial charge on any atom is 0.265 e. The highest BCUT2D eigenvalue weighted by Crippen LogP contribution is 2.34. The Hall–Kier alpha value is -3.38. The standard InChI is InChI=1S/C17H17N5O6S/c1-21(2)29(24,25)12-4-5-13-14(8-12)22(20-19-13)28-9-17(23)18-11-3-6-15-16(7-11)27-10-26-15/h3-8H,9-10H2,1-2H3,(H,18,23). The van der Waals surface area contributed by atoms with Gasteiger partial charge in [-0.25, -0.2) is 12.7 Å². The van der Waals surface area contributed by atoms with Crippen LogP contribution in [0.1, 0.15) is 0 Å². The quantitative estimate of drug-likeness (QED) is 0.612. The smallest absolute Gasteiger partial charge is 0.265 e. The van der Waals surface area contributed by atoms with Crippen molar-refractivity contribution in [2.45, 2.75) is 4.90 Å².